The van der Waals surface area contributed by atoms with Crippen LogP contribution in [0.3, 0.4) is 0 Å². The average Bonchev–Trinajstić information content (AvgIpc) is 2.75. The molecule has 0 N–H and O–H groups in total. The number of hydrogen-bond acceptors (Lipinski definition) is 2. The van der Waals surface area contributed by atoms with Gasteiger partial charge in [-0.15, -0.1) is 0 Å². The number of likely N-dealkylation sites (tertiary alicyclic amines) is 1. The largest absolute Gasteiger partial charge is 0.284 e. The minimum atomic E-state index is -0.0481. The zero-order chi connectivity index (χ0) is 10.7. The van der Waals surface area contributed by atoms with Gasteiger partial charge in [-0.3, -0.25) is 4.90 Å². The number of nitrogens with zero attached hydrogens (tertiary/aromatic N) is 2. The summed E-state index contributed by atoms with van der Waals surface area (Å²) in [5, 5.41) is 9.22. The molecule has 1 aromatic rings. The molecule has 0 amide bonds. The second-order valence-corrected chi connectivity index (χ2v) is 4.19. The second kappa shape index (κ2) is 4.46. The van der Waals surface area contributed by atoms with Gasteiger partial charge < -0.3 is 0 Å². The van der Waals surface area contributed by atoms with Gasteiger partial charge in [0.25, 0.3) is 0 Å². The molecule has 1 atom stereocenters. The third-order valence-electron chi connectivity index (χ3n) is 3.02. The maximum atomic E-state index is 9.22. The van der Waals surface area contributed by atoms with Gasteiger partial charge in [-0.25, -0.2) is 0 Å². The van der Waals surface area contributed by atoms with Crippen molar-refractivity contribution in [1.29, 1.82) is 5.26 Å². The molecule has 0 saturated carbocycles. The Bertz CT molecular complexity index is 355. The monoisotopic (exact) mass is 200 g/mol. The van der Waals surface area contributed by atoms with Crippen molar-refractivity contribution in [2.75, 3.05) is 13.1 Å². The number of rotatable bonds is 2. The molecule has 2 heteroatoms. The zero-order valence-corrected chi connectivity index (χ0v) is 9.11. The molecule has 1 fully saturated rings. The van der Waals surface area contributed by atoms with Crippen LogP contribution in [0.2, 0.25) is 0 Å². The molecule has 0 aromatic heterocycles. The summed E-state index contributed by atoms with van der Waals surface area (Å²) in [5.41, 5.74) is 2.38. The van der Waals surface area contributed by atoms with Crippen LogP contribution in [0.15, 0.2) is 24.3 Å². The van der Waals surface area contributed by atoms with Crippen molar-refractivity contribution in [2.24, 2.45) is 0 Å². The first-order valence-corrected chi connectivity index (χ1v) is 5.51. The summed E-state index contributed by atoms with van der Waals surface area (Å²) in [6.07, 6.45) is 2.45. The smallest absolute Gasteiger partial charge is 0.123 e. The van der Waals surface area contributed by atoms with E-state index in [0.29, 0.717) is 0 Å². The van der Waals surface area contributed by atoms with Gasteiger partial charge in [0.15, 0.2) is 0 Å². The molecule has 0 bridgehead atoms. The number of nitriles is 1. The molecule has 1 saturated heterocycles. The van der Waals surface area contributed by atoms with Crippen LogP contribution in [-0.2, 0) is 0 Å². The van der Waals surface area contributed by atoms with Crippen molar-refractivity contribution < 1.29 is 0 Å². The molecular formula is C13H16N2. The van der Waals surface area contributed by atoms with Crippen LogP contribution in [0.5, 0.6) is 0 Å². The van der Waals surface area contributed by atoms with E-state index < -0.39 is 0 Å². The summed E-state index contributed by atoms with van der Waals surface area (Å²) in [7, 11) is 0. The van der Waals surface area contributed by atoms with E-state index in [2.05, 4.69) is 42.2 Å². The predicted molar refractivity (Wildman–Crippen MR) is 60.3 cm³/mol. The first kappa shape index (κ1) is 10.2. The molecule has 78 valence electrons. The lowest BCUT2D eigenvalue weighted by Gasteiger charge is -2.21. The van der Waals surface area contributed by atoms with Crippen molar-refractivity contribution in [3.05, 3.63) is 35.4 Å². The fourth-order valence-corrected chi connectivity index (χ4v) is 2.12. The van der Waals surface area contributed by atoms with Crippen molar-refractivity contribution in [3.63, 3.8) is 0 Å². The Morgan fingerprint density at radius 3 is 2.33 bits per heavy atom. The van der Waals surface area contributed by atoms with E-state index in [1.54, 1.807) is 0 Å². The van der Waals surface area contributed by atoms with Crippen LogP contribution in [0.1, 0.15) is 30.0 Å². The van der Waals surface area contributed by atoms with E-state index in [9.17, 15) is 5.26 Å². The Morgan fingerprint density at radius 1 is 1.20 bits per heavy atom. The molecule has 0 unspecified atom stereocenters. The summed E-state index contributed by atoms with van der Waals surface area (Å²) in [6, 6.07) is 10.7. The van der Waals surface area contributed by atoms with Crippen LogP contribution in [-0.4, -0.2) is 18.0 Å². The predicted octanol–water partition coefficient (Wildman–Crippen LogP) is 2.66. The Labute approximate surface area is 91.1 Å². The van der Waals surface area contributed by atoms with Crippen molar-refractivity contribution >= 4 is 0 Å². The Kier molecular flexibility index (Phi) is 3.03. The van der Waals surface area contributed by atoms with Crippen molar-refractivity contribution in [2.45, 2.75) is 25.8 Å². The summed E-state index contributed by atoms with van der Waals surface area (Å²) in [5.74, 6) is 0. The van der Waals surface area contributed by atoms with E-state index in [1.165, 1.54) is 18.4 Å². The van der Waals surface area contributed by atoms with Gasteiger partial charge in [-0.1, -0.05) is 29.8 Å². The average molecular weight is 200 g/mol. The lowest BCUT2D eigenvalue weighted by atomic mass is 10.1. The molecule has 1 aliphatic heterocycles. The molecule has 0 aliphatic carbocycles. The molecule has 0 spiro atoms. The Morgan fingerprint density at radius 2 is 1.80 bits per heavy atom. The lowest BCUT2D eigenvalue weighted by molar-refractivity contribution is 0.294. The highest BCUT2D eigenvalue weighted by atomic mass is 15.2. The van der Waals surface area contributed by atoms with E-state index in [0.717, 1.165) is 18.7 Å². The number of aryl methyl sites for hydroxylation is 1. The summed E-state index contributed by atoms with van der Waals surface area (Å²) in [6.45, 7) is 4.19. The van der Waals surface area contributed by atoms with Crippen LogP contribution in [0.4, 0.5) is 0 Å². The van der Waals surface area contributed by atoms with Crippen LogP contribution < -0.4 is 0 Å². The fraction of sp³-hybridized carbons (Fsp3) is 0.462. The number of hydrogen-bond donors (Lipinski definition) is 0. The SMILES string of the molecule is Cc1ccc([C@H](C#N)N2CCCC2)cc1. The molecule has 0 radical (unpaired) electrons. The first-order chi connectivity index (χ1) is 7.31. The summed E-state index contributed by atoms with van der Waals surface area (Å²) in [4.78, 5) is 2.27. The molecular weight excluding hydrogens is 184 g/mol. The van der Waals surface area contributed by atoms with Gasteiger partial charge in [-0.2, -0.15) is 5.26 Å². The van der Waals surface area contributed by atoms with Crippen molar-refractivity contribution in [3.8, 4) is 6.07 Å². The van der Waals surface area contributed by atoms with E-state index in [-0.39, 0.29) is 6.04 Å². The highest BCUT2D eigenvalue weighted by Gasteiger charge is 2.22. The minimum absolute atomic E-state index is 0.0481. The van der Waals surface area contributed by atoms with E-state index >= 15 is 0 Å². The standard InChI is InChI=1S/C13H16N2/c1-11-4-6-12(7-5-11)13(10-14)15-8-2-3-9-15/h4-7,13H,2-3,8-9H2,1H3/t13-/m0/s1. The highest BCUT2D eigenvalue weighted by Crippen LogP contribution is 2.24. The topological polar surface area (TPSA) is 27.0 Å². The maximum absolute atomic E-state index is 9.22. The third kappa shape index (κ3) is 2.19. The Balaban J connectivity index is 2.19. The van der Waals surface area contributed by atoms with Crippen LogP contribution in [0.25, 0.3) is 0 Å². The lowest BCUT2D eigenvalue weighted by Crippen LogP contribution is -2.24. The summed E-state index contributed by atoms with van der Waals surface area (Å²) < 4.78 is 0. The number of benzene rings is 1. The molecule has 1 aliphatic rings. The van der Waals surface area contributed by atoms with Crippen LogP contribution in [0, 0.1) is 18.3 Å². The van der Waals surface area contributed by atoms with Gasteiger partial charge in [0.2, 0.25) is 0 Å². The maximum Gasteiger partial charge on any atom is 0.123 e. The quantitative estimate of drug-likeness (QED) is 0.733. The van der Waals surface area contributed by atoms with Gasteiger partial charge in [0.1, 0.15) is 6.04 Å². The van der Waals surface area contributed by atoms with Gasteiger partial charge in [0.05, 0.1) is 6.07 Å². The molecule has 2 nitrogen and oxygen atoms in total. The van der Waals surface area contributed by atoms with Gasteiger partial charge in [-0.05, 0) is 38.4 Å². The van der Waals surface area contributed by atoms with E-state index in [1.807, 2.05) is 0 Å². The second-order valence-electron chi connectivity index (χ2n) is 4.19. The molecule has 1 heterocycles. The summed E-state index contributed by atoms with van der Waals surface area (Å²) >= 11 is 0. The van der Waals surface area contributed by atoms with Crippen LogP contribution >= 0.6 is 0 Å². The highest BCUT2D eigenvalue weighted by molar-refractivity contribution is 5.27. The Hall–Kier alpha value is -1.33. The molecule has 2 rings (SSSR count). The molecule has 1 aromatic carbocycles. The zero-order valence-electron chi connectivity index (χ0n) is 9.11. The normalized spacial score (nSPS) is 18.7. The van der Waals surface area contributed by atoms with E-state index in [4.69, 9.17) is 0 Å². The minimum Gasteiger partial charge on any atom is -0.284 e. The third-order valence-corrected chi connectivity index (χ3v) is 3.02. The first-order valence-electron chi connectivity index (χ1n) is 5.51. The van der Waals surface area contributed by atoms with Gasteiger partial charge >= 0.3 is 0 Å². The fourth-order valence-electron chi connectivity index (χ4n) is 2.12. The molecule has 15 heavy (non-hydrogen) atoms. The van der Waals surface area contributed by atoms with Crippen molar-refractivity contribution in [1.82, 2.24) is 4.90 Å². The van der Waals surface area contributed by atoms with Gasteiger partial charge in [0, 0.05) is 0 Å².